The van der Waals surface area contributed by atoms with E-state index in [1.807, 2.05) is 0 Å². The molecule has 0 aliphatic carbocycles. The summed E-state index contributed by atoms with van der Waals surface area (Å²) in [4.78, 5) is 0. The van der Waals surface area contributed by atoms with Gasteiger partial charge in [-0.05, 0) is 6.54 Å². The summed E-state index contributed by atoms with van der Waals surface area (Å²) >= 11 is 0. The Morgan fingerprint density at radius 1 is 1.78 bits per heavy atom. The lowest BCUT2D eigenvalue weighted by molar-refractivity contribution is 0.353. The topological polar surface area (TPSA) is 58.0 Å². The van der Waals surface area contributed by atoms with Crippen molar-refractivity contribution in [1.82, 2.24) is 5.32 Å². The van der Waals surface area contributed by atoms with Gasteiger partial charge in [-0.3, -0.25) is 5.11 Å². The van der Waals surface area contributed by atoms with Crippen LogP contribution < -0.4 is 11.1 Å². The molecule has 3 N–H and O–H groups in total. The second-order valence-corrected chi connectivity index (χ2v) is 1.31. The van der Waals surface area contributed by atoms with Crippen molar-refractivity contribution < 1.29 is 5.11 Å². The lowest BCUT2D eigenvalue weighted by Gasteiger charge is -1.92. The van der Waals surface area contributed by atoms with Crippen molar-refractivity contribution in [2.75, 3.05) is 19.6 Å². The second-order valence-electron chi connectivity index (χ2n) is 1.31. The Bertz CT molecular complexity index is 44.3. The van der Waals surface area contributed by atoms with E-state index in [1.54, 1.807) is 0 Å². The van der Waals surface area contributed by atoms with Crippen LogP contribution in [0.25, 0.3) is 0 Å². The summed E-state index contributed by atoms with van der Waals surface area (Å²) in [5.74, 6) is 0. The first-order valence-corrected chi connectivity index (χ1v) is 2.97. The third-order valence-corrected chi connectivity index (χ3v) is 0.571. The minimum Gasteiger partial charge on any atom is -0.329 e. The number of likely N-dealkylation sites (N-methyl/N-ethyl adjacent to an activating group) is 1. The summed E-state index contributed by atoms with van der Waals surface area (Å²) in [5.41, 5.74) is 5.15. The lowest BCUT2D eigenvalue weighted by Crippen LogP contribution is -2.21. The minimum atomic E-state index is 0.500. The van der Waals surface area contributed by atoms with Gasteiger partial charge in [0.2, 0.25) is 0 Å². The van der Waals surface area contributed by atoms with Crippen LogP contribution in [-0.2, 0) is 5.11 Å². The largest absolute Gasteiger partial charge is 0.329 e. The molecule has 0 rings (SSSR count). The lowest BCUT2D eigenvalue weighted by atomic mass is 10.6. The van der Waals surface area contributed by atoms with Gasteiger partial charge in [-0.2, -0.15) is 0 Å². The van der Waals surface area contributed by atoms with Gasteiger partial charge in [0.1, 0.15) is 6.26 Å². The molecule has 0 aromatic rings. The first-order valence-electron chi connectivity index (χ1n) is 2.97. The Balaban J connectivity index is 0. The molecule has 0 aliphatic rings. The van der Waals surface area contributed by atoms with Crippen LogP contribution in [-0.4, -0.2) is 19.6 Å². The van der Waals surface area contributed by atoms with Crippen LogP contribution in [0.4, 0.5) is 0 Å². The molecule has 1 radical (unpaired) electrons. The van der Waals surface area contributed by atoms with Crippen LogP contribution in [0.15, 0.2) is 12.8 Å². The van der Waals surface area contributed by atoms with Gasteiger partial charge < -0.3 is 11.1 Å². The van der Waals surface area contributed by atoms with Crippen LogP contribution in [0.1, 0.15) is 6.92 Å². The SMILES string of the molecule is C=C[O].CCNCCN. The second kappa shape index (κ2) is 15.7. The molecule has 3 nitrogen and oxygen atoms in total. The summed E-state index contributed by atoms with van der Waals surface area (Å²) < 4.78 is 0. The van der Waals surface area contributed by atoms with Crippen molar-refractivity contribution in [2.45, 2.75) is 6.92 Å². The predicted octanol–water partition coefficient (Wildman–Crippen LogP) is 0.115. The van der Waals surface area contributed by atoms with Crippen LogP contribution >= 0.6 is 0 Å². The van der Waals surface area contributed by atoms with Gasteiger partial charge in [0.15, 0.2) is 0 Å². The van der Waals surface area contributed by atoms with E-state index in [1.165, 1.54) is 0 Å². The normalized spacial score (nSPS) is 7.33. The van der Waals surface area contributed by atoms with Crippen LogP contribution in [0, 0.1) is 0 Å². The maximum Gasteiger partial charge on any atom is 0.135 e. The van der Waals surface area contributed by atoms with Gasteiger partial charge in [0, 0.05) is 13.1 Å². The van der Waals surface area contributed by atoms with Crippen molar-refractivity contribution in [2.24, 2.45) is 5.73 Å². The average molecular weight is 131 g/mol. The molecule has 3 heteroatoms. The number of hydrogen-bond acceptors (Lipinski definition) is 2. The molecule has 0 spiro atoms. The molecule has 0 saturated carbocycles. The van der Waals surface area contributed by atoms with Gasteiger partial charge in [0.05, 0.1) is 0 Å². The quantitative estimate of drug-likeness (QED) is 0.422. The van der Waals surface area contributed by atoms with Crippen molar-refractivity contribution in [3.8, 4) is 0 Å². The summed E-state index contributed by atoms with van der Waals surface area (Å²) in [6, 6.07) is 0. The minimum absolute atomic E-state index is 0.500. The van der Waals surface area contributed by atoms with Crippen molar-refractivity contribution >= 4 is 0 Å². The average Bonchev–Trinajstić information content (AvgIpc) is 1.86. The van der Waals surface area contributed by atoms with E-state index >= 15 is 0 Å². The van der Waals surface area contributed by atoms with Crippen molar-refractivity contribution in [3.05, 3.63) is 12.8 Å². The van der Waals surface area contributed by atoms with Gasteiger partial charge in [0.25, 0.3) is 0 Å². The Hall–Kier alpha value is -0.540. The number of hydrogen-bond donors (Lipinski definition) is 2. The fourth-order valence-corrected chi connectivity index (χ4v) is 0.279. The standard InChI is InChI=1S/C4H12N2.C2H3O/c1-2-6-4-3-5;1-2-3/h6H,2-5H2,1H3;2H,1H2. The number of nitrogens with two attached hydrogens (primary N) is 1. The molecule has 0 atom stereocenters. The molecule has 55 valence electrons. The smallest absolute Gasteiger partial charge is 0.135 e. The summed E-state index contributed by atoms with van der Waals surface area (Å²) in [5, 5.41) is 11.8. The Labute approximate surface area is 56.6 Å². The highest BCUT2D eigenvalue weighted by Crippen LogP contribution is 1.48. The van der Waals surface area contributed by atoms with Crippen LogP contribution in [0.3, 0.4) is 0 Å². The Morgan fingerprint density at radius 3 is 2.33 bits per heavy atom. The van der Waals surface area contributed by atoms with E-state index in [0.29, 0.717) is 6.26 Å². The number of nitrogens with one attached hydrogen (secondary N) is 1. The zero-order valence-corrected chi connectivity index (χ0v) is 5.89. The monoisotopic (exact) mass is 131 g/mol. The fourth-order valence-electron chi connectivity index (χ4n) is 0.279. The molecule has 0 saturated heterocycles. The van der Waals surface area contributed by atoms with Crippen molar-refractivity contribution in [3.63, 3.8) is 0 Å². The van der Waals surface area contributed by atoms with E-state index in [9.17, 15) is 0 Å². The van der Waals surface area contributed by atoms with E-state index in [4.69, 9.17) is 10.8 Å². The van der Waals surface area contributed by atoms with E-state index in [-0.39, 0.29) is 0 Å². The molecule has 0 aliphatic heterocycles. The molecule has 0 unspecified atom stereocenters. The highest BCUT2D eigenvalue weighted by atomic mass is 16.2. The van der Waals surface area contributed by atoms with Gasteiger partial charge in [-0.1, -0.05) is 13.5 Å². The highest BCUT2D eigenvalue weighted by Gasteiger charge is 1.71. The molecular weight excluding hydrogens is 116 g/mol. The predicted molar refractivity (Wildman–Crippen MR) is 38.5 cm³/mol. The van der Waals surface area contributed by atoms with E-state index < -0.39 is 0 Å². The Kier molecular flexibility index (Phi) is 19.6. The summed E-state index contributed by atoms with van der Waals surface area (Å²) in [6.45, 7) is 7.58. The number of rotatable bonds is 3. The maximum absolute atomic E-state index is 8.69. The van der Waals surface area contributed by atoms with E-state index in [0.717, 1.165) is 19.6 Å². The van der Waals surface area contributed by atoms with Crippen molar-refractivity contribution in [1.29, 1.82) is 0 Å². The summed E-state index contributed by atoms with van der Waals surface area (Å²) in [6.07, 6.45) is 0.500. The third-order valence-electron chi connectivity index (χ3n) is 0.571. The van der Waals surface area contributed by atoms with Gasteiger partial charge >= 0.3 is 0 Å². The zero-order valence-electron chi connectivity index (χ0n) is 5.89. The molecule has 0 fully saturated rings. The highest BCUT2D eigenvalue weighted by molar-refractivity contribution is 4.39. The van der Waals surface area contributed by atoms with Crippen LogP contribution in [0.5, 0.6) is 0 Å². The van der Waals surface area contributed by atoms with E-state index in [2.05, 4.69) is 18.8 Å². The Morgan fingerprint density at radius 2 is 2.22 bits per heavy atom. The third kappa shape index (κ3) is 36.7. The molecule has 0 amide bonds. The van der Waals surface area contributed by atoms with Gasteiger partial charge in [-0.25, -0.2) is 0 Å². The molecule has 0 aromatic carbocycles. The zero-order chi connectivity index (χ0) is 7.54. The fraction of sp³-hybridized carbons (Fsp3) is 0.667. The maximum atomic E-state index is 8.69. The molecule has 9 heavy (non-hydrogen) atoms. The molecule has 0 bridgehead atoms. The summed E-state index contributed by atoms with van der Waals surface area (Å²) in [7, 11) is 0. The first kappa shape index (κ1) is 11.3. The van der Waals surface area contributed by atoms with Crippen LogP contribution in [0.2, 0.25) is 0 Å². The van der Waals surface area contributed by atoms with Gasteiger partial charge in [-0.15, -0.1) is 0 Å². The molecular formula is C6H15N2O. The molecule has 0 aromatic heterocycles. The molecule has 0 heterocycles. The first-order chi connectivity index (χ1) is 4.33.